The Bertz CT molecular complexity index is 876. The van der Waals surface area contributed by atoms with E-state index in [4.69, 9.17) is 5.11 Å². The Hall–Kier alpha value is -3.03. The molecule has 2 rings (SSSR count). The number of carbonyl (C=O) groups is 3. The highest BCUT2D eigenvalue weighted by molar-refractivity contribution is 5.94. The standard InChI is InChI=1S/C24H30N2O5/c1-3-17-6-8-18(9-7-17)19-10-12-20(13-11-19)24(31)25-14-4-5-22(30)26-23(16(2)28)21(29)15-27/h6-13,16,23,27-28H,3-5,14-15H2,1-2H3,(H,25,31)(H,26,30)/t16-,23+/m1/s1. The van der Waals surface area contributed by atoms with Crippen LogP contribution >= 0.6 is 0 Å². The van der Waals surface area contributed by atoms with E-state index in [9.17, 15) is 19.5 Å². The zero-order valence-corrected chi connectivity index (χ0v) is 17.9. The molecule has 7 heteroatoms. The molecule has 0 aliphatic rings. The van der Waals surface area contributed by atoms with Crippen molar-refractivity contribution in [2.75, 3.05) is 13.2 Å². The van der Waals surface area contributed by atoms with Gasteiger partial charge in [0.2, 0.25) is 5.91 Å². The van der Waals surface area contributed by atoms with Crippen molar-refractivity contribution in [2.24, 2.45) is 0 Å². The molecule has 2 amide bonds. The number of aliphatic hydroxyl groups excluding tert-OH is 2. The van der Waals surface area contributed by atoms with E-state index < -0.39 is 30.4 Å². The minimum Gasteiger partial charge on any atom is -0.391 e. The zero-order chi connectivity index (χ0) is 22.8. The number of aryl methyl sites for hydroxylation is 1. The van der Waals surface area contributed by atoms with Crippen molar-refractivity contribution in [1.82, 2.24) is 10.6 Å². The number of carbonyl (C=O) groups excluding carboxylic acids is 3. The van der Waals surface area contributed by atoms with Crippen molar-refractivity contribution in [2.45, 2.75) is 45.3 Å². The summed E-state index contributed by atoms with van der Waals surface area (Å²) in [5.41, 5.74) is 3.92. The lowest BCUT2D eigenvalue weighted by molar-refractivity contribution is -0.131. The van der Waals surface area contributed by atoms with Gasteiger partial charge in [-0.15, -0.1) is 0 Å². The number of hydrogen-bond donors (Lipinski definition) is 4. The van der Waals surface area contributed by atoms with Crippen LogP contribution in [0.1, 0.15) is 42.6 Å². The van der Waals surface area contributed by atoms with E-state index >= 15 is 0 Å². The molecule has 166 valence electrons. The van der Waals surface area contributed by atoms with Crippen molar-refractivity contribution in [3.8, 4) is 11.1 Å². The van der Waals surface area contributed by atoms with Gasteiger partial charge in [-0.3, -0.25) is 14.4 Å². The van der Waals surface area contributed by atoms with E-state index in [1.54, 1.807) is 12.1 Å². The van der Waals surface area contributed by atoms with Gasteiger partial charge in [0.05, 0.1) is 6.10 Å². The van der Waals surface area contributed by atoms with Crippen LogP contribution in [0.3, 0.4) is 0 Å². The van der Waals surface area contributed by atoms with Crippen molar-refractivity contribution >= 4 is 17.6 Å². The first kappa shape index (κ1) is 24.2. The van der Waals surface area contributed by atoms with Crippen molar-refractivity contribution in [3.05, 3.63) is 59.7 Å². The van der Waals surface area contributed by atoms with Gasteiger partial charge in [0.25, 0.3) is 5.91 Å². The average Bonchev–Trinajstić information content (AvgIpc) is 2.79. The number of rotatable bonds is 11. The van der Waals surface area contributed by atoms with Gasteiger partial charge in [-0.25, -0.2) is 0 Å². The summed E-state index contributed by atoms with van der Waals surface area (Å²) < 4.78 is 0. The Kier molecular flexibility index (Phi) is 9.37. The zero-order valence-electron chi connectivity index (χ0n) is 17.9. The molecule has 2 aromatic rings. The molecule has 0 fully saturated rings. The minimum absolute atomic E-state index is 0.0783. The van der Waals surface area contributed by atoms with E-state index in [1.807, 2.05) is 12.1 Å². The number of Topliss-reactive ketones (excluding diaryl/α,β-unsaturated/α-hetero) is 1. The lowest BCUT2D eigenvalue weighted by Gasteiger charge is -2.19. The second kappa shape index (κ2) is 12.0. The Balaban J connectivity index is 1.79. The van der Waals surface area contributed by atoms with Crippen LogP contribution in [0.15, 0.2) is 48.5 Å². The first-order chi connectivity index (χ1) is 14.8. The van der Waals surface area contributed by atoms with Crippen LogP contribution in [0.4, 0.5) is 0 Å². The molecule has 0 heterocycles. The molecular formula is C24H30N2O5. The summed E-state index contributed by atoms with van der Waals surface area (Å²) in [7, 11) is 0. The Morgan fingerprint density at radius 2 is 1.55 bits per heavy atom. The quantitative estimate of drug-likeness (QED) is 0.409. The number of ketones is 1. The molecule has 0 saturated carbocycles. The maximum absolute atomic E-state index is 12.3. The lowest BCUT2D eigenvalue weighted by atomic mass is 10.0. The molecule has 2 aromatic carbocycles. The Morgan fingerprint density at radius 1 is 0.968 bits per heavy atom. The van der Waals surface area contributed by atoms with Gasteiger partial charge in [-0.05, 0) is 48.6 Å². The number of hydrogen-bond acceptors (Lipinski definition) is 5. The van der Waals surface area contributed by atoms with Gasteiger partial charge in [-0.1, -0.05) is 43.3 Å². The third kappa shape index (κ3) is 7.31. The van der Waals surface area contributed by atoms with Crippen molar-refractivity contribution in [1.29, 1.82) is 0 Å². The molecule has 0 unspecified atom stereocenters. The van der Waals surface area contributed by atoms with Gasteiger partial charge in [-0.2, -0.15) is 0 Å². The summed E-state index contributed by atoms with van der Waals surface area (Å²) in [4.78, 5) is 35.8. The molecule has 31 heavy (non-hydrogen) atoms. The smallest absolute Gasteiger partial charge is 0.251 e. The highest BCUT2D eigenvalue weighted by Gasteiger charge is 2.24. The normalized spacial score (nSPS) is 12.6. The maximum Gasteiger partial charge on any atom is 0.251 e. The predicted octanol–water partition coefficient (Wildman–Crippen LogP) is 1.85. The Morgan fingerprint density at radius 3 is 2.06 bits per heavy atom. The van der Waals surface area contributed by atoms with Crippen molar-refractivity contribution < 1.29 is 24.6 Å². The van der Waals surface area contributed by atoms with E-state index in [1.165, 1.54) is 12.5 Å². The summed E-state index contributed by atoms with van der Waals surface area (Å²) in [5, 5.41) is 23.6. The number of aliphatic hydroxyl groups is 2. The summed E-state index contributed by atoms with van der Waals surface area (Å²) in [6, 6.07) is 14.5. The molecule has 7 nitrogen and oxygen atoms in total. The fourth-order valence-electron chi connectivity index (χ4n) is 3.11. The monoisotopic (exact) mass is 426 g/mol. The molecule has 0 aliphatic carbocycles. The third-order valence-electron chi connectivity index (χ3n) is 5.01. The second-order valence-corrected chi connectivity index (χ2v) is 7.40. The van der Waals surface area contributed by atoms with Gasteiger partial charge >= 0.3 is 0 Å². The fraction of sp³-hybridized carbons (Fsp3) is 0.375. The first-order valence-electron chi connectivity index (χ1n) is 10.4. The summed E-state index contributed by atoms with van der Waals surface area (Å²) in [6.45, 7) is 3.01. The molecule has 4 N–H and O–H groups in total. The lowest BCUT2D eigenvalue weighted by Crippen LogP contribution is -2.48. The topological polar surface area (TPSA) is 116 Å². The maximum atomic E-state index is 12.3. The van der Waals surface area contributed by atoms with Crippen LogP contribution in [0, 0.1) is 0 Å². The molecule has 0 saturated heterocycles. The largest absolute Gasteiger partial charge is 0.391 e. The van der Waals surface area contributed by atoms with E-state index in [2.05, 4.69) is 41.8 Å². The van der Waals surface area contributed by atoms with Gasteiger partial charge in [0.15, 0.2) is 5.78 Å². The number of amides is 2. The molecule has 0 bridgehead atoms. The van der Waals surface area contributed by atoms with Gasteiger partial charge in [0, 0.05) is 18.5 Å². The molecule has 0 spiro atoms. The van der Waals surface area contributed by atoms with Crippen LogP contribution in [-0.2, 0) is 16.0 Å². The second-order valence-electron chi connectivity index (χ2n) is 7.40. The summed E-state index contributed by atoms with van der Waals surface area (Å²) in [6.07, 6.45) is 0.341. The van der Waals surface area contributed by atoms with E-state index in [-0.39, 0.29) is 12.3 Å². The predicted molar refractivity (Wildman–Crippen MR) is 119 cm³/mol. The average molecular weight is 427 g/mol. The van der Waals surface area contributed by atoms with E-state index in [0.29, 0.717) is 18.5 Å². The first-order valence-corrected chi connectivity index (χ1v) is 10.4. The van der Waals surface area contributed by atoms with Gasteiger partial charge < -0.3 is 20.8 Å². The van der Waals surface area contributed by atoms with Crippen LogP contribution in [0.2, 0.25) is 0 Å². The SMILES string of the molecule is CCc1ccc(-c2ccc(C(=O)NCCCC(=O)N[C@H](C(=O)CO)[C@@H](C)O)cc2)cc1. The molecule has 2 atom stereocenters. The molecule has 0 aliphatic heterocycles. The fourth-order valence-corrected chi connectivity index (χ4v) is 3.11. The summed E-state index contributed by atoms with van der Waals surface area (Å²) >= 11 is 0. The third-order valence-corrected chi connectivity index (χ3v) is 5.01. The van der Waals surface area contributed by atoms with E-state index in [0.717, 1.165) is 17.5 Å². The van der Waals surface area contributed by atoms with Crippen LogP contribution in [0.25, 0.3) is 11.1 Å². The van der Waals surface area contributed by atoms with Crippen LogP contribution in [0.5, 0.6) is 0 Å². The van der Waals surface area contributed by atoms with Crippen LogP contribution < -0.4 is 10.6 Å². The molecule has 0 radical (unpaired) electrons. The highest BCUT2D eigenvalue weighted by Crippen LogP contribution is 2.20. The minimum atomic E-state index is -1.14. The molecular weight excluding hydrogens is 396 g/mol. The Labute approximate surface area is 182 Å². The van der Waals surface area contributed by atoms with Gasteiger partial charge in [0.1, 0.15) is 12.6 Å². The van der Waals surface area contributed by atoms with Crippen molar-refractivity contribution in [3.63, 3.8) is 0 Å². The molecule has 0 aromatic heterocycles. The summed E-state index contributed by atoms with van der Waals surface area (Å²) in [5.74, 6) is -1.31. The highest BCUT2D eigenvalue weighted by atomic mass is 16.3. The van der Waals surface area contributed by atoms with Crippen LogP contribution in [-0.4, -0.2) is 53.1 Å². The number of benzene rings is 2. The number of nitrogens with one attached hydrogen (secondary N) is 2.